The first kappa shape index (κ1) is 24.6. The van der Waals surface area contributed by atoms with E-state index >= 15 is 0 Å². The average Bonchev–Trinajstić information content (AvgIpc) is 3.07. The molecule has 0 bridgehead atoms. The van der Waals surface area contributed by atoms with Gasteiger partial charge in [-0.2, -0.15) is 0 Å². The summed E-state index contributed by atoms with van der Waals surface area (Å²) in [6.07, 6.45) is 0.951. The lowest BCUT2D eigenvalue weighted by molar-refractivity contribution is -0.123. The fourth-order valence-corrected chi connectivity index (χ4v) is 2.84. The van der Waals surface area contributed by atoms with E-state index in [2.05, 4.69) is 10.2 Å². The second-order valence-corrected chi connectivity index (χ2v) is 5.87. The molecule has 2 atom stereocenters. The highest BCUT2D eigenvalue weighted by Crippen LogP contribution is 2.30. The van der Waals surface area contributed by atoms with Gasteiger partial charge < -0.3 is 30.2 Å². The smallest absolute Gasteiger partial charge is 0.222 e. The predicted octanol–water partition coefficient (Wildman–Crippen LogP) is 1.61. The molecule has 0 aliphatic carbocycles. The van der Waals surface area contributed by atoms with Crippen molar-refractivity contribution in [1.29, 1.82) is 0 Å². The molecular formula is C17H29Cl2N3O4. The first-order chi connectivity index (χ1) is 11.6. The first-order valence-electron chi connectivity index (χ1n) is 8.09. The van der Waals surface area contributed by atoms with E-state index in [1.54, 1.807) is 21.3 Å². The van der Waals surface area contributed by atoms with Crippen molar-refractivity contribution in [2.75, 3.05) is 45.9 Å². The highest BCUT2D eigenvalue weighted by atomic mass is 35.5. The van der Waals surface area contributed by atoms with Crippen LogP contribution in [0.3, 0.4) is 0 Å². The zero-order valence-electron chi connectivity index (χ0n) is 15.4. The number of methoxy groups -OCH3 is 3. The number of ether oxygens (including phenoxy) is 3. The summed E-state index contributed by atoms with van der Waals surface area (Å²) in [5.74, 6) is 1.48. The van der Waals surface area contributed by atoms with Gasteiger partial charge in [0.15, 0.2) is 0 Å². The van der Waals surface area contributed by atoms with Crippen LogP contribution in [0.1, 0.15) is 12.8 Å². The Hall–Kier alpha value is -1.41. The summed E-state index contributed by atoms with van der Waals surface area (Å²) in [6, 6.07) is 5.91. The summed E-state index contributed by atoms with van der Waals surface area (Å²) in [6.45, 7) is 1.96. The number of carbonyl (C=O) groups excluding carboxylic acids is 1. The van der Waals surface area contributed by atoms with Crippen LogP contribution in [-0.4, -0.2) is 59.0 Å². The van der Waals surface area contributed by atoms with Crippen LogP contribution in [0, 0.1) is 0 Å². The molecular weight excluding hydrogens is 381 g/mol. The number of nitrogens with zero attached hydrogens (tertiary/aromatic N) is 1. The number of benzene rings is 1. The van der Waals surface area contributed by atoms with Gasteiger partial charge in [0.2, 0.25) is 5.91 Å². The maximum Gasteiger partial charge on any atom is 0.222 e. The Kier molecular flexibility index (Phi) is 11.4. The summed E-state index contributed by atoms with van der Waals surface area (Å²) in [4.78, 5) is 14.3. The molecule has 150 valence electrons. The van der Waals surface area contributed by atoms with Gasteiger partial charge in [0, 0.05) is 56.7 Å². The number of hydrogen-bond donors (Lipinski definition) is 2. The summed E-state index contributed by atoms with van der Waals surface area (Å²) in [5, 5.41) is 3.06. The molecule has 3 N–H and O–H groups in total. The van der Waals surface area contributed by atoms with Crippen LogP contribution in [0.5, 0.6) is 11.5 Å². The number of nitrogens with one attached hydrogen (secondary N) is 1. The maximum atomic E-state index is 12.1. The molecule has 0 aromatic heterocycles. The van der Waals surface area contributed by atoms with E-state index in [0.29, 0.717) is 6.54 Å². The van der Waals surface area contributed by atoms with E-state index in [-0.39, 0.29) is 49.3 Å². The minimum Gasteiger partial charge on any atom is -0.497 e. The molecule has 1 aliphatic rings. The summed E-state index contributed by atoms with van der Waals surface area (Å²) in [5.41, 5.74) is 6.58. The van der Waals surface area contributed by atoms with Gasteiger partial charge in [0.05, 0.1) is 26.7 Å². The van der Waals surface area contributed by atoms with E-state index in [0.717, 1.165) is 36.7 Å². The minimum atomic E-state index is -0.231. The van der Waals surface area contributed by atoms with Crippen molar-refractivity contribution >= 4 is 36.4 Å². The molecule has 1 heterocycles. The van der Waals surface area contributed by atoms with Crippen molar-refractivity contribution < 1.29 is 19.0 Å². The molecule has 0 radical (unpaired) electrons. The normalized spacial score (nSPS) is 16.9. The van der Waals surface area contributed by atoms with Crippen molar-refractivity contribution in [3.05, 3.63) is 18.2 Å². The molecule has 1 saturated heterocycles. The molecule has 0 spiro atoms. The third-order valence-corrected chi connectivity index (χ3v) is 4.26. The lowest BCUT2D eigenvalue weighted by Crippen LogP contribution is -2.39. The van der Waals surface area contributed by atoms with Gasteiger partial charge in [-0.25, -0.2) is 0 Å². The molecule has 9 heteroatoms. The van der Waals surface area contributed by atoms with Crippen molar-refractivity contribution in [1.82, 2.24) is 5.32 Å². The predicted molar refractivity (Wildman–Crippen MR) is 107 cm³/mol. The molecule has 2 rings (SSSR count). The Balaban J connectivity index is 0.00000312. The van der Waals surface area contributed by atoms with Crippen LogP contribution in [-0.2, 0) is 9.53 Å². The van der Waals surface area contributed by atoms with Gasteiger partial charge in [-0.1, -0.05) is 0 Å². The number of halogens is 2. The Bertz CT molecular complexity index is 537. The summed E-state index contributed by atoms with van der Waals surface area (Å²) < 4.78 is 15.8. The molecule has 2 unspecified atom stereocenters. The Morgan fingerprint density at radius 2 is 1.85 bits per heavy atom. The Labute approximate surface area is 167 Å². The molecule has 1 amide bonds. The largest absolute Gasteiger partial charge is 0.497 e. The second kappa shape index (κ2) is 12.1. The van der Waals surface area contributed by atoms with Gasteiger partial charge in [0.1, 0.15) is 11.5 Å². The molecule has 0 saturated carbocycles. The summed E-state index contributed by atoms with van der Waals surface area (Å²) >= 11 is 0. The van der Waals surface area contributed by atoms with E-state index in [1.807, 2.05) is 18.2 Å². The van der Waals surface area contributed by atoms with Crippen LogP contribution in [0.15, 0.2) is 18.2 Å². The lowest BCUT2D eigenvalue weighted by Gasteiger charge is -2.21. The van der Waals surface area contributed by atoms with E-state index in [9.17, 15) is 4.79 Å². The topological polar surface area (TPSA) is 86.1 Å². The Morgan fingerprint density at radius 1 is 1.23 bits per heavy atom. The van der Waals surface area contributed by atoms with E-state index in [1.165, 1.54) is 0 Å². The maximum absolute atomic E-state index is 12.1. The van der Waals surface area contributed by atoms with Crippen molar-refractivity contribution in [3.8, 4) is 11.5 Å². The zero-order chi connectivity index (χ0) is 17.5. The number of anilines is 1. The SMILES string of the molecule is COc1cc(OC)cc(N2CCC(NC(=O)CC(CN)OC)C2)c1.Cl.Cl. The zero-order valence-corrected chi connectivity index (χ0v) is 17.0. The molecule has 26 heavy (non-hydrogen) atoms. The van der Waals surface area contributed by atoms with Crippen LogP contribution in [0.2, 0.25) is 0 Å². The van der Waals surface area contributed by atoms with Gasteiger partial charge in [-0.15, -0.1) is 24.8 Å². The van der Waals surface area contributed by atoms with Crippen molar-refractivity contribution in [2.45, 2.75) is 25.0 Å². The second-order valence-electron chi connectivity index (χ2n) is 5.87. The van der Waals surface area contributed by atoms with Gasteiger partial charge in [-0.05, 0) is 6.42 Å². The third-order valence-electron chi connectivity index (χ3n) is 4.26. The van der Waals surface area contributed by atoms with Crippen molar-refractivity contribution in [3.63, 3.8) is 0 Å². The first-order valence-corrected chi connectivity index (χ1v) is 8.09. The van der Waals surface area contributed by atoms with Crippen LogP contribution >= 0.6 is 24.8 Å². The number of amides is 1. The molecule has 1 fully saturated rings. The molecule has 7 nitrogen and oxygen atoms in total. The van der Waals surface area contributed by atoms with Gasteiger partial charge in [0.25, 0.3) is 0 Å². The molecule has 1 aromatic carbocycles. The summed E-state index contributed by atoms with van der Waals surface area (Å²) in [7, 11) is 4.84. The fourth-order valence-electron chi connectivity index (χ4n) is 2.84. The lowest BCUT2D eigenvalue weighted by atomic mass is 10.2. The van der Waals surface area contributed by atoms with Crippen LogP contribution < -0.4 is 25.4 Å². The standard InChI is InChI=1S/C17H27N3O4.2ClH/c1-22-14-6-13(7-15(8-14)23-2)20-5-4-12(11-20)19-17(21)9-16(10-18)24-3;;/h6-8,12,16H,4-5,9-11,18H2,1-3H3,(H,19,21);2*1H. The fraction of sp³-hybridized carbons (Fsp3) is 0.588. The van der Waals surface area contributed by atoms with E-state index < -0.39 is 0 Å². The quantitative estimate of drug-likeness (QED) is 0.677. The highest BCUT2D eigenvalue weighted by Gasteiger charge is 2.25. The van der Waals surface area contributed by atoms with Crippen LogP contribution in [0.25, 0.3) is 0 Å². The highest BCUT2D eigenvalue weighted by molar-refractivity contribution is 5.85. The van der Waals surface area contributed by atoms with Gasteiger partial charge in [-0.3, -0.25) is 4.79 Å². The average molecular weight is 410 g/mol. The van der Waals surface area contributed by atoms with E-state index in [4.69, 9.17) is 19.9 Å². The van der Waals surface area contributed by atoms with Crippen LogP contribution in [0.4, 0.5) is 5.69 Å². The Morgan fingerprint density at radius 3 is 2.35 bits per heavy atom. The minimum absolute atomic E-state index is 0. The third kappa shape index (κ3) is 6.72. The van der Waals surface area contributed by atoms with Crippen molar-refractivity contribution in [2.24, 2.45) is 5.73 Å². The molecule has 1 aromatic rings. The van der Waals surface area contributed by atoms with Gasteiger partial charge >= 0.3 is 0 Å². The molecule has 1 aliphatic heterocycles. The number of hydrogen-bond acceptors (Lipinski definition) is 6. The number of nitrogens with two attached hydrogens (primary N) is 1. The monoisotopic (exact) mass is 409 g/mol. The number of carbonyl (C=O) groups is 1. The number of rotatable bonds is 8.